The molecule has 0 atom stereocenters. The molecule has 146 valence electrons. The van der Waals surface area contributed by atoms with Crippen LogP contribution in [-0.4, -0.2) is 36.5 Å². The van der Waals surface area contributed by atoms with Crippen molar-refractivity contribution in [3.05, 3.63) is 51.7 Å². The van der Waals surface area contributed by atoms with Gasteiger partial charge in [0.1, 0.15) is 10.8 Å². The van der Waals surface area contributed by atoms with Crippen molar-refractivity contribution in [1.29, 1.82) is 0 Å². The Morgan fingerprint density at radius 3 is 2.63 bits per heavy atom. The zero-order valence-corrected chi connectivity index (χ0v) is 16.7. The Morgan fingerprint density at radius 1 is 1.22 bits per heavy atom. The molecule has 0 saturated carbocycles. The summed E-state index contributed by atoms with van der Waals surface area (Å²) in [6.45, 7) is 8.26. The first-order chi connectivity index (χ1) is 13.0. The van der Waals surface area contributed by atoms with E-state index in [4.69, 9.17) is 0 Å². The maximum Gasteiger partial charge on any atom is 0.254 e. The zero-order valence-electron chi connectivity index (χ0n) is 15.9. The van der Waals surface area contributed by atoms with Crippen LogP contribution in [0.4, 0.5) is 4.39 Å². The molecule has 0 saturated heterocycles. The van der Waals surface area contributed by atoms with E-state index >= 15 is 0 Å². The van der Waals surface area contributed by atoms with Crippen LogP contribution in [0.25, 0.3) is 0 Å². The monoisotopic (exact) mass is 391 g/mol. The first kappa shape index (κ1) is 20.8. The summed E-state index contributed by atoms with van der Waals surface area (Å²) in [5.74, 6) is 0.102. The smallest absolute Gasteiger partial charge is 0.254 e. The molecule has 2 aromatic rings. The second kappa shape index (κ2) is 10.6. The van der Waals surface area contributed by atoms with Crippen molar-refractivity contribution < 1.29 is 9.18 Å². The third kappa shape index (κ3) is 6.63. The molecular weight excluding hydrogens is 365 g/mol. The molecule has 0 bridgehead atoms. The number of guanidine groups is 1. The number of amides is 1. The van der Waals surface area contributed by atoms with Crippen LogP contribution in [0.1, 0.15) is 47.7 Å². The largest absolute Gasteiger partial charge is 0.357 e. The molecular formula is C19H26FN5OS. The third-order valence-electron chi connectivity index (χ3n) is 3.70. The van der Waals surface area contributed by atoms with Crippen molar-refractivity contribution >= 4 is 23.2 Å². The molecule has 1 heterocycles. The zero-order chi connectivity index (χ0) is 19.6. The van der Waals surface area contributed by atoms with Gasteiger partial charge in [0.25, 0.3) is 5.91 Å². The number of aliphatic imine (C=N–C) groups is 1. The molecule has 6 nitrogen and oxygen atoms in total. The minimum atomic E-state index is -0.526. The summed E-state index contributed by atoms with van der Waals surface area (Å²) in [4.78, 5) is 21.1. The molecule has 0 radical (unpaired) electrons. The molecule has 1 amide bonds. The van der Waals surface area contributed by atoms with E-state index in [0.29, 0.717) is 31.5 Å². The van der Waals surface area contributed by atoms with E-state index in [1.807, 2.05) is 6.92 Å². The highest BCUT2D eigenvalue weighted by Crippen LogP contribution is 2.18. The lowest BCUT2D eigenvalue weighted by Gasteiger charge is -2.11. The number of carbonyl (C=O) groups is 1. The van der Waals surface area contributed by atoms with Crippen LogP contribution in [0.3, 0.4) is 0 Å². The van der Waals surface area contributed by atoms with Crippen LogP contribution in [0, 0.1) is 5.82 Å². The van der Waals surface area contributed by atoms with Gasteiger partial charge in [-0.05, 0) is 25.0 Å². The van der Waals surface area contributed by atoms with Gasteiger partial charge >= 0.3 is 0 Å². The normalized spacial score (nSPS) is 11.5. The van der Waals surface area contributed by atoms with Crippen molar-refractivity contribution in [3.63, 3.8) is 0 Å². The maximum atomic E-state index is 13.6. The molecule has 0 fully saturated rings. The fraction of sp³-hybridized carbons (Fsp3) is 0.421. The number of hydrogen-bond acceptors (Lipinski definition) is 4. The van der Waals surface area contributed by atoms with E-state index in [-0.39, 0.29) is 5.56 Å². The summed E-state index contributed by atoms with van der Waals surface area (Å²) >= 11 is 1.60. The van der Waals surface area contributed by atoms with E-state index in [9.17, 15) is 9.18 Å². The average molecular weight is 392 g/mol. The van der Waals surface area contributed by atoms with E-state index in [2.05, 4.69) is 45.2 Å². The molecule has 1 aromatic carbocycles. The minimum absolute atomic E-state index is 0.0443. The fourth-order valence-electron chi connectivity index (χ4n) is 2.25. The van der Waals surface area contributed by atoms with Gasteiger partial charge in [-0.25, -0.2) is 14.4 Å². The Kier molecular flexibility index (Phi) is 8.19. The molecule has 0 aliphatic heterocycles. The van der Waals surface area contributed by atoms with Crippen LogP contribution in [0.2, 0.25) is 0 Å². The number of halogens is 1. The van der Waals surface area contributed by atoms with E-state index in [1.54, 1.807) is 23.5 Å². The molecule has 0 aliphatic carbocycles. The molecule has 0 aliphatic rings. The highest BCUT2D eigenvalue weighted by atomic mass is 32.1. The Balaban J connectivity index is 1.81. The lowest BCUT2D eigenvalue weighted by Crippen LogP contribution is -2.41. The number of nitrogens with zero attached hydrogens (tertiary/aromatic N) is 2. The van der Waals surface area contributed by atoms with Gasteiger partial charge in [-0.2, -0.15) is 0 Å². The Morgan fingerprint density at radius 2 is 1.96 bits per heavy atom. The quantitative estimate of drug-likeness (QED) is 0.367. The molecule has 3 N–H and O–H groups in total. The number of thiazole rings is 1. The summed E-state index contributed by atoms with van der Waals surface area (Å²) in [6.07, 6.45) is 0. The summed E-state index contributed by atoms with van der Waals surface area (Å²) in [6, 6.07) is 5.92. The predicted molar refractivity (Wildman–Crippen MR) is 108 cm³/mol. The Bertz CT molecular complexity index is 775. The maximum absolute atomic E-state index is 13.6. The van der Waals surface area contributed by atoms with Gasteiger partial charge in [-0.15, -0.1) is 11.3 Å². The lowest BCUT2D eigenvalue weighted by atomic mass is 10.2. The van der Waals surface area contributed by atoms with Gasteiger partial charge in [-0.1, -0.05) is 26.0 Å². The van der Waals surface area contributed by atoms with Crippen LogP contribution in [0.15, 0.2) is 34.6 Å². The van der Waals surface area contributed by atoms with Crippen molar-refractivity contribution in [2.24, 2.45) is 4.99 Å². The van der Waals surface area contributed by atoms with E-state index in [1.165, 1.54) is 12.1 Å². The molecule has 27 heavy (non-hydrogen) atoms. The van der Waals surface area contributed by atoms with Gasteiger partial charge in [0, 0.05) is 25.0 Å². The second-order valence-corrected chi connectivity index (χ2v) is 7.12. The highest BCUT2D eigenvalue weighted by Gasteiger charge is 2.10. The van der Waals surface area contributed by atoms with Gasteiger partial charge in [0.05, 0.1) is 17.8 Å². The van der Waals surface area contributed by atoms with Crippen molar-refractivity contribution in [2.45, 2.75) is 33.2 Å². The number of aromatic nitrogens is 1. The molecule has 1 aromatic heterocycles. The topological polar surface area (TPSA) is 78.4 Å². The van der Waals surface area contributed by atoms with Gasteiger partial charge in [-0.3, -0.25) is 4.79 Å². The lowest BCUT2D eigenvalue weighted by molar-refractivity contribution is 0.0950. The number of benzene rings is 1. The predicted octanol–water partition coefficient (Wildman–Crippen LogP) is 2.89. The van der Waals surface area contributed by atoms with Gasteiger partial charge < -0.3 is 16.0 Å². The molecule has 0 unspecified atom stereocenters. The molecule has 8 heteroatoms. The van der Waals surface area contributed by atoms with Crippen molar-refractivity contribution in [3.8, 4) is 0 Å². The first-order valence-electron chi connectivity index (χ1n) is 9.00. The van der Waals surface area contributed by atoms with Gasteiger partial charge in [0.2, 0.25) is 0 Å². The fourth-order valence-corrected chi connectivity index (χ4v) is 3.13. The standard InChI is InChI=1S/C19H26FN5OS/c1-4-21-19(24-11-17-25-16(12-27-17)13(2)3)23-10-9-22-18(26)14-7-5-6-8-15(14)20/h5-8,12-13H,4,9-11H2,1-3H3,(H,22,26)(H2,21,23,24). The van der Waals surface area contributed by atoms with E-state index < -0.39 is 11.7 Å². The van der Waals surface area contributed by atoms with Crippen LogP contribution in [0.5, 0.6) is 0 Å². The third-order valence-corrected chi connectivity index (χ3v) is 4.55. The minimum Gasteiger partial charge on any atom is -0.357 e. The van der Waals surface area contributed by atoms with Crippen molar-refractivity contribution in [2.75, 3.05) is 19.6 Å². The number of carbonyl (C=O) groups excluding carboxylic acids is 1. The highest BCUT2D eigenvalue weighted by molar-refractivity contribution is 7.09. The summed E-state index contributed by atoms with van der Waals surface area (Å²) in [5.41, 5.74) is 1.13. The summed E-state index contributed by atoms with van der Waals surface area (Å²) < 4.78 is 13.6. The number of rotatable bonds is 8. The molecule has 2 rings (SSSR count). The number of hydrogen-bond donors (Lipinski definition) is 3. The average Bonchev–Trinajstić information content (AvgIpc) is 3.12. The summed E-state index contributed by atoms with van der Waals surface area (Å²) in [5, 5.41) is 12.0. The van der Waals surface area contributed by atoms with Gasteiger partial charge in [0.15, 0.2) is 5.96 Å². The first-order valence-corrected chi connectivity index (χ1v) is 9.88. The Hall–Kier alpha value is -2.48. The van der Waals surface area contributed by atoms with Crippen LogP contribution < -0.4 is 16.0 Å². The van der Waals surface area contributed by atoms with Crippen LogP contribution >= 0.6 is 11.3 Å². The van der Waals surface area contributed by atoms with E-state index in [0.717, 1.165) is 17.2 Å². The summed E-state index contributed by atoms with van der Waals surface area (Å²) in [7, 11) is 0. The number of nitrogens with one attached hydrogen (secondary N) is 3. The Labute approximate surface area is 163 Å². The SMILES string of the molecule is CCNC(=NCc1nc(C(C)C)cs1)NCCNC(=O)c1ccccc1F. The van der Waals surface area contributed by atoms with Crippen LogP contribution in [-0.2, 0) is 6.54 Å². The second-order valence-electron chi connectivity index (χ2n) is 6.18. The van der Waals surface area contributed by atoms with Crippen molar-refractivity contribution in [1.82, 2.24) is 20.9 Å². The molecule has 0 spiro atoms.